The van der Waals surface area contributed by atoms with E-state index < -0.39 is 5.79 Å². The lowest BCUT2D eigenvalue weighted by atomic mass is 9.92. The second kappa shape index (κ2) is 13.4. The Bertz CT molecular complexity index is 348. The number of carbonyl (C=O) groups excluding carboxylic acids is 1. The number of esters is 1. The molecule has 1 atom stereocenters. The summed E-state index contributed by atoms with van der Waals surface area (Å²) in [5, 5.41) is 0. The first kappa shape index (κ1) is 23.1. The van der Waals surface area contributed by atoms with Crippen molar-refractivity contribution in [3.05, 3.63) is 12.2 Å². The molecule has 0 aromatic rings. The van der Waals surface area contributed by atoms with Gasteiger partial charge in [-0.25, -0.2) is 4.79 Å². The molecule has 0 rings (SSSR count). The largest absolute Gasteiger partial charge is 0.462 e. The summed E-state index contributed by atoms with van der Waals surface area (Å²) < 4.78 is 15.9. The van der Waals surface area contributed by atoms with Crippen LogP contribution in [0.1, 0.15) is 78.6 Å². The third kappa shape index (κ3) is 10.8. The van der Waals surface area contributed by atoms with Crippen molar-refractivity contribution in [3.63, 3.8) is 0 Å². The summed E-state index contributed by atoms with van der Waals surface area (Å²) >= 11 is 0. The summed E-state index contributed by atoms with van der Waals surface area (Å²) in [6.07, 6.45) is 10.3. The normalized spacial score (nSPS) is 12.9. The van der Waals surface area contributed by atoms with Crippen LogP contribution in [-0.2, 0) is 19.0 Å². The van der Waals surface area contributed by atoms with Gasteiger partial charge in [-0.2, -0.15) is 0 Å². The zero-order valence-corrected chi connectivity index (χ0v) is 16.5. The highest BCUT2D eigenvalue weighted by atomic mass is 16.7. The van der Waals surface area contributed by atoms with Crippen LogP contribution in [0.25, 0.3) is 0 Å². The number of carbonyl (C=O) groups is 1. The van der Waals surface area contributed by atoms with E-state index in [-0.39, 0.29) is 5.97 Å². The molecule has 0 amide bonds. The average molecular weight is 343 g/mol. The van der Waals surface area contributed by atoms with E-state index in [4.69, 9.17) is 14.2 Å². The summed E-state index contributed by atoms with van der Waals surface area (Å²) in [6.45, 7) is 10.00. The van der Waals surface area contributed by atoms with E-state index in [0.29, 0.717) is 12.2 Å². The van der Waals surface area contributed by atoms with Crippen LogP contribution in [0.15, 0.2) is 12.2 Å². The van der Waals surface area contributed by atoms with Gasteiger partial charge in [-0.1, -0.05) is 45.6 Å². The lowest BCUT2D eigenvalue weighted by Gasteiger charge is -2.26. The summed E-state index contributed by atoms with van der Waals surface area (Å²) in [7, 11) is 3.39. The van der Waals surface area contributed by atoms with E-state index in [0.717, 1.165) is 31.6 Å². The van der Waals surface area contributed by atoms with Crippen molar-refractivity contribution >= 4 is 5.97 Å². The van der Waals surface area contributed by atoms with Gasteiger partial charge in [0.2, 0.25) is 0 Å². The third-order valence-corrected chi connectivity index (χ3v) is 4.64. The van der Waals surface area contributed by atoms with Gasteiger partial charge in [0.15, 0.2) is 5.79 Å². The Balaban J connectivity index is 3.88. The zero-order valence-electron chi connectivity index (χ0n) is 16.5. The molecule has 0 spiro atoms. The molecule has 1 unspecified atom stereocenters. The number of hydrogen-bond acceptors (Lipinski definition) is 4. The fourth-order valence-corrected chi connectivity index (χ4v) is 2.84. The molecule has 0 bridgehead atoms. The van der Waals surface area contributed by atoms with Crippen LogP contribution in [0.5, 0.6) is 0 Å². The maximum atomic E-state index is 11.3. The molecule has 0 N–H and O–H groups in total. The van der Waals surface area contributed by atoms with E-state index in [1.54, 1.807) is 21.1 Å². The maximum absolute atomic E-state index is 11.3. The van der Waals surface area contributed by atoms with Gasteiger partial charge in [-0.05, 0) is 39.0 Å². The van der Waals surface area contributed by atoms with Crippen LogP contribution < -0.4 is 0 Å². The predicted molar refractivity (Wildman–Crippen MR) is 98.9 cm³/mol. The van der Waals surface area contributed by atoms with Crippen LogP contribution >= 0.6 is 0 Å². The van der Waals surface area contributed by atoms with E-state index in [9.17, 15) is 4.79 Å². The van der Waals surface area contributed by atoms with Gasteiger partial charge in [0, 0.05) is 26.2 Å². The number of ether oxygens (including phenoxy) is 3. The van der Waals surface area contributed by atoms with Crippen molar-refractivity contribution in [2.24, 2.45) is 5.92 Å². The number of hydrogen-bond donors (Lipinski definition) is 0. The smallest absolute Gasteiger partial charge is 0.333 e. The predicted octanol–water partition coefficient (Wildman–Crippen LogP) is 5.26. The van der Waals surface area contributed by atoms with Crippen molar-refractivity contribution in [2.75, 3.05) is 20.8 Å². The Morgan fingerprint density at radius 2 is 1.67 bits per heavy atom. The van der Waals surface area contributed by atoms with Crippen LogP contribution in [0, 0.1) is 5.92 Å². The number of unbranched alkanes of at least 4 members (excludes halogenated alkanes) is 2. The second-order valence-corrected chi connectivity index (χ2v) is 6.85. The quantitative estimate of drug-likeness (QED) is 0.176. The highest BCUT2D eigenvalue weighted by Crippen LogP contribution is 2.23. The average Bonchev–Trinajstić information content (AvgIpc) is 2.57. The van der Waals surface area contributed by atoms with Crippen molar-refractivity contribution in [1.82, 2.24) is 0 Å². The fraction of sp³-hybridized carbons (Fsp3) is 0.850. The van der Waals surface area contributed by atoms with E-state index >= 15 is 0 Å². The minimum atomic E-state index is -0.448. The minimum absolute atomic E-state index is 0.277. The molecule has 0 fully saturated rings. The highest BCUT2D eigenvalue weighted by Gasteiger charge is 2.21. The first-order valence-electron chi connectivity index (χ1n) is 9.31. The first-order valence-corrected chi connectivity index (χ1v) is 9.31. The van der Waals surface area contributed by atoms with Crippen molar-refractivity contribution in [1.29, 1.82) is 0 Å². The molecule has 0 radical (unpaired) electrons. The Kier molecular flexibility index (Phi) is 12.9. The molecule has 0 aliphatic carbocycles. The third-order valence-electron chi connectivity index (χ3n) is 4.64. The molecule has 0 saturated heterocycles. The minimum Gasteiger partial charge on any atom is -0.462 e. The van der Waals surface area contributed by atoms with Crippen molar-refractivity contribution in [2.45, 2.75) is 84.3 Å². The lowest BCUT2D eigenvalue weighted by Crippen LogP contribution is -2.29. The molecule has 0 aromatic heterocycles. The SMILES string of the molecule is C=C(C)C(=O)OCCCC(CCC)CCCCCC(C)(OC)OC. The molecule has 0 aliphatic heterocycles. The summed E-state index contributed by atoms with van der Waals surface area (Å²) in [6, 6.07) is 0. The fourth-order valence-electron chi connectivity index (χ4n) is 2.84. The van der Waals surface area contributed by atoms with Gasteiger partial charge < -0.3 is 14.2 Å². The monoisotopic (exact) mass is 342 g/mol. The molecule has 4 heteroatoms. The summed E-state index contributed by atoms with van der Waals surface area (Å²) in [4.78, 5) is 11.3. The summed E-state index contributed by atoms with van der Waals surface area (Å²) in [5.74, 6) is 0.00633. The second-order valence-electron chi connectivity index (χ2n) is 6.85. The van der Waals surface area contributed by atoms with E-state index in [2.05, 4.69) is 13.5 Å². The lowest BCUT2D eigenvalue weighted by molar-refractivity contribution is -0.197. The van der Waals surface area contributed by atoms with Crippen molar-refractivity contribution < 1.29 is 19.0 Å². The molecule has 24 heavy (non-hydrogen) atoms. The molecule has 0 heterocycles. The molecule has 142 valence electrons. The molecular weight excluding hydrogens is 304 g/mol. The van der Waals surface area contributed by atoms with Crippen LogP contribution in [0.3, 0.4) is 0 Å². The van der Waals surface area contributed by atoms with Gasteiger partial charge >= 0.3 is 5.97 Å². The Hall–Kier alpha value is -0.870. The highest BCUT2D eigenvalue weighted by molar-refractivity contribution is 5.86. The topological polar surface area (TPSA) is 44.8 Å². The Morgan fingerprint density at radius 3 is 2.21 bits per heavy atom. The summed E-state index contributed by atoms with van der Waals surface area (Å²) in [5.41, 5.74) is 0.472. The van der Waals surface area contributed by atoms with Gasteiger partial charge in [0.05, 0.1) is 6.61 Å². The number of methoxy groups -OCH3 is 2. The Labute approximate surface area is 148 Å². The van der Waals surface area contributed by atoms with Gasteiger partial charge in [0.1, 0.15) is 0 Å². The van der Waals surface area contributed by atoms with E-state index in [1.807, 2.05) is 6.92 Å². The first-order chi connectivity index (χ1) is 11.4. The van der Waals surface area contributed by atoms with Crippen LogP contribution in [-0.4, -0.2) is 32.6 Å². The molecule has 0 aromatic carbocycles. The molecule has 0 aliphatic rings. The Morgan fingerprint density at radius 1 is 1.04 bits per heavy atom. The van der Waals surface area contributed by atoms with Crippen LogP contribution in [0.2, 0.25) is 0 Å². The molecular formula is C20H38O4. The van der Waals surface area contributed by atoms with Crippen LogP contribution in [0.4, 0.5) is 0 Å². The van der Waals surface area contributed by atoms with Gasteiger partial charge in [-0.15, -0.1) is 0 Å². The van der Waals surface area contributed by atoms with E-state index in [1.165, 1.54) is 32.1 Å². The molecule has 0 saturated carbocycles. The molecule has 4 nitrogen and oxygen atoms in total. The number of rotatable bonds is 15. The van der Waals surface area contributed by atoms with Crippen molar-refractivity contribution in [3.8, 4) is 0 Å². The van der Waals surface area contributed by atoms with Gasteiger partial charge in [0.25, 0.3) is 0 Å². The van der Waals surface area contributed by atoms with Gasteiger partial charge in [-0.3, -0.25) is 0 Å². The zero-order chi connectivity index (χ0) is 18.4. The standard InChI is InChI=1S/C20H38O4/c1-7-12-18(14-11-16-24-19(21)17(2)3)13-9-8-10-15-20(4,22-5)23-6/h18H,2,7-16H2,1,3-6H3. The maximum Gasteiger partial charge on any atom is 0.333 e.